The van der Waals surface area contributed by atoms with Crippen molar-refractivity contribution in [1.29, 1.82) is 0 Å². The Hall–Kier alpha value is -6.63. The van der Waals surface area contributed by atoms with Crippen LogP contribution in [0.25, 0.3) is 109 Å². The molecular formula is C45H25N3O2S. The maximum Gasteiger partial charge on any atom is 0.164 e. The summed E-state index contributed by atoms with van der Waals surface area (Å²) in [4.78, 5) is 15.1. The number of furan rings is 2. The molecule has 0 aliphatic carbocycles. The minimum absolute atomic E-state index is 0.573. The van der Waals surface area contributed by atoms with Gasteiger partial charge in [0.25, 0.3) is 0 Å². The number of hydrogen-bond donors (Lipinski definition) is 0. The van der Waals surface area contributed by atoms with Crippen LogP contribution in [0.5, 0.6) is 0 Å². The van der Waals surface area contributed by atoms with E-state index in [-0.39, 0.29) is 0 Å². The molecule has 11 aromatic rings. The largest absolute Gasteiger partial charge is 0.456 e. The lowest BCUT2D eigenvalue weighted by molar-refractivity contribution is 0.668. The summed E-state index contributed by atoms with van der Waals surface area (Å²) in [6.45, 7) is 0. The van der Waals surface area contributed by atoms with Crippen molar-refractivity contribution in [3.05, 3.63) is 152 Å². The van der Waals surface area contributed by atoms with Gasteiger partial charge in [-0.1, -0.05) is 103 Å². The van der Waals surface area contributed by atoms with Crippen LogP contribution >= 0.6 is 11.3 Å². The van der Waals surface area contributed by atoms with Gasteiger partial charge in [0.05, 0.1) is 0 Å². The Labute approximate surface area is 295 Å². The Morgan fingerprint density at radius 2 is 1.00 bits per heavy atom. The fourth-order valence-electron chi connectivity index (χ4n) is 7.30. The smallest absolute Gasteiger partial charge is 0.164 e. The molecule has 0 N–H and O–H groups in total. The van der Waals surface area contributed by atoms with Gasteiger partial charge in [-0.15, -0.1) is 11.3 Å². The van der Waals surface area contributed by atoms with Crippen LogP contribution in [0.4, 0.5) is 0 Å². The first-order chi connectivity index (χ1) is 25.2. The van der Waals surface area contributed by atoms with Crippen LogP contribution in [0.3, 0.4) is 0 Å². The van der Waals surface area contributed by atoms with Gasteiger partial charge in [0.15, 0.2) is 17.5 Å². The first-order valence-corrected chi connectivity index (χ1v) is 17.7. The van der Waals surface area contributed by atoms with Crippen molar-refractivity contribution in [2.75, 3.05) is 0 Å². The lowest BCUT2D eigenvalue weighted by Crippen LogP contribution is -2.00. The van der Waals surface area contributed by atoms with E-state index in [1.54, 1.807) is 0 Å². The van der Waals surface area contributed by atoms with Crippen molar-refractivity contribution >= 4 is 75.4 Å². The number of hydrogen-bond acceptors (Lipinski definition) is 6. The molecule has 0 atom stereocenters. The minimum atomic E-state index is 0.573. The molecule has 0 amide bonds. The SMILES string of the molecule is c1ccc(-c2nc(-c3ccc4c(c3)oc3ccc(-c5ccc6c(c5)sc5ccccc56)cc34)nc(-c3cccc4oc5ccccc5c34)n2)cc1. The quantitative estimate of drug-likeness (QED) is 0.186. The number of nitrogens with zero attached hydrogens (tertiary/aromatic N) is 3. The molecule has 4 heterocycles. The molecule has 6 heteroatoms. The van der Waals surface area contributed by atoms with Gasteiger partial charge in [0.1, 0.15) is 22.3 Å². The summed E-state index contributed by atoms with van der Waals surface area (Å²) in [6, 6.07) is 52.2. The predicted molar refractivity (Wildman–Crippen MR) is 209 cm³/mol. The second-order valence-electron chi connectivity index (χ2n) is 12.8. The molecule has 0 bridgehead atoms. The summed E-state index contributed by atoms with van der Waals surface area (Å²) in [5, 5.41) is 6.74. The zero-order valence-electron chi connectivity index (χ0n) is 27.0. The number of fused-ring (bicyclic) bond motifs is 9. The summed E-state index contributed by atoms with van der Waals surface area (Å²) in [5.41, 5.74) is 8.25. The molecule has 0 spiro atoms. The van der Waals surface area contributed by atoms with E-state index < -0.39 is 0 Å². The average Bonchev–Trinajstić information content (AvgIpc) is 3.88. The lowest BCUT2D eigenvalue weighted by atomic mass is 10.0. The molecule has 0 saturated carbocycles. The van der Waals surface area contributed by atoms with Crippen LogP contribution in [0.1, 0.15) is 0 Å². The van der Waals surface area contributed by atoms with Crippen molar-refractivity contribution in [3.63, 3.8) is 0 Å². The Morgan fingerprint density at radius 1 is 0.353 bits per heavy atom. The van der Waals surface area contributed by atoms with E-state index in [9.17, 15) is 0 Å². The Morgan fingerprint density at radius 3 is 1.92 bits per heavy atom. The molecule has 0 saturated heterocycles. The Balaban J connectivity index is 1.05. The molecule has 4 aromatic heterocycles. The second-order valence-corrected chi connectivity index (χ2v) is 13.9. The molecule has 0 fully saturated rings. The topological polar surface area (TPSA) is 65.0 Å². The molecule has 238 valence electrons. The van der Waals surface area contributed by atoms with E-state index in [2.05, 4.69) is 84.9 Å². The standard InChI is InChI=1S/C45H25N3O2S/c1-2-9-26(10-3-1)43-46-44(48-45(47-43)34-13-8-15-38-42(34)33-12-4-6-14-36(33)49-38)29-18-20-30-35-23-27(19-22-37(35)50-39(30)24-29)28-17-21-32-31-11-5-7-16-40(31)51-41(32)25-28/h1-25H. The maximum atomic E-state index is 6.46. The average molecular weight is 672 g/mol. The third-order valence-electron chi connectivity index (χ3n) is 9.75. The van der Waals surface area contributed by atoms with E-state index in [4.69, 9.17) is 23.8 Å². The van der Waals surface area contributed by atoms with Crippen LogP contribution in [0, 0.1) is 0 Å². The van der Waals surface area contributed by atoms with Crippen molar-refractivity contribution in [3.8, 4) is 45.3 Å². The van der Waals surface area contributed by atoms with Gasteiger partial charge in [0, 0.05) is 58.4 Å². The molecule has 11 rings (SSSR count). The molecule has 0 aliphatic heterocycles. The zero-order chi connectivity index (χ0) is 33.5. The van der Waals surface area contributed by atoms with Crippen LogP contribution in [-0.2, 0) is 0 Å². The highest BCUT2D eigenvalue weighted by atomic mass is 32.1. The van der Waals surface area contributed by atoms with Gasteiger partial charge in [-0.3, -0.25) is 0 Å². The van der Waals surface area contributed by atoms with E-state index >= 15 is 0 Å². The van der Waals surface area contributed by atoms with E-state index in [1.807, 2.05) is 78.1 Å². The number of para-hydroxylation sites is 1. The Bertz CT molecular complexity index is 3160. The molecule has 5 nitrogen and oxygen atoms in total. The minimum Gasteiger partial charge on any atom is -0.456 e. The van der Waals surface area contributed by atoms with Crippen molar-refractivity contribution in [2.24, 2.45) is 0 Å². The number of benzene rings is 7. The second kappa shape index (κ2) is 10.9. The summed E-state index contributed by atoms with van der Waals surface area (Å²) < 4.78 is 15.3. The van der Waals surface area contributed by atoms with Gasteiger partial charge in [-0.25, -0.2) is 15.0 Å². The molecule has 0 aliphatic rings. The molecule has 7 aromatic carbocycles. The van der Waals surface area contributed by atoms with Crippen LogP contribution < -0.4 is 0 Å². The van der Waals surface area contributed by atoms with Gasteiger partial charge in [-0.2, -0.15) is 0 Å². The molecule has 0 radical (unpaired) electrons. The molecular weight excluding hydrogens is 647 g/mol. The van der Waals surface area contributed by atoms with Gasteiger partial charge >= 0.3 is 0 Å². The molecule has 0 unspecified atom stereocenters. The number of thiophene rings is 1. The third-order valence-corrected chi connectivity index (χ3v) is 10.9. The van der Waals surface area contributed by atoms with Gasteiger partial charge in [-0.05, 0) is 59.7 Å². The van der Waals surface area contributed by atoms with Crippen LogP contribution in [0.15, 0.2) is 160 Å². The van der Waals surface area contributed by atoms with E-state index in [0.29, 0.717) is 17.5 Å². The normalized spacial score (nSPS) is 11.9. The molecule has 51 heavy (non-hydrogen) atoms. The summed E-state index contributed by atoms with van der Waals surface area (Å²) in [6.07, 6.45) is 0. The highest BCUT2D eigenvalue weighted by molar-refractivity contribution is 7.25. The third kappa shape index (κ3) is 4.50. The maximum absolute atomic E-state index is 6.46. The highest BCUT2D eigenvalue weighted by Crippen LogP contribution is 2.40. The fourth-order valence-corrected chi connectivity index (χ4v) is 8.45. The van der Waals surface area contributed by atoms with Gasteiger partial charge < -0.3 is 8.83 Å². The van der Waals surface area contributed by atoms with Crippen LogP contribution in [-0.4, -0.2) is 15.0 Å². The van der Waals surface area contributed by atoms with E-state index in [1.165, 1.54) is 25.7 Å². The first-order valence-electron chi connectivity index (χ1n) is 16.8. The number of aromatic nitrogens is 3. The monoisotopic (exact) mass is 671 g/mol. The van der Waals surface area contributed by atoms with E-state index in [0.717, 1.165) is 66.1 Å². The number of rotatable bonds is 4. The predicted octanol–water partition coefficient (Wildman–Crippen LogP) is 12.7. The Kier molecular flexibility index (Phi) is 6.05. The van der Waals surface area contributed by atoms with Crippen molar-refractivity contribution < 1.29 is 8.83 Å². The summed E-state index contributed by atoms with van der Waals surface area (Å²) >= 11 is 1.84. The highest BCUT2D eigenvalue weighted by Gasteiger charge is 2.19. The lowest BCUT2D eigenvalue weighted by Gasteiger charge is -2.09. The van der Waals surface area contributed by atoms with Crippen LogP contribution in [0.2, 0.25) is 0 Å². The van der Waals surface area contributed by atoms with Gasteiger partial charge in [0.2, 0.25) is 0 Å². The first kappa shape index (κ1) is 28.2. The van der Waals surface area contributed by atoms with Crippen molar-refractivity contribution in [2.45, 2.75) is 0 Å². The van der Waals surface area contributed by atoms with Crippen molar-refractivity contribution in [1.82, 2.24) is 15.0 Å². The zero-order valence-corrected chi connectivity index (χ0v) is 27.8. The fraction of sp³-hybridized carbons (Fsp3) is 0. The summed E-state index contributed by atoms with van der Waals surface area (Å²) in [5.74, 6) is 1.76. The summed E-state index contributed by atoms with van der Waals surface area (Å²) in [7, 11) is 0.